The molecule has 15 heavy (non-hydrogen) atoms. The zero-order chi connectivity index (χ0) is 11.1. The van der Waals surface area contributed by atoms with Gasteiger partial charge in [-0.15, -0.1) is 11.6 Å². The molecule has 0 saturated carbocycles. The number of nitrogens with one attached hydrogen (secondary N) is 2. The Morgan fingerprint density at radius 1 is 1.27 bits per heavy atom. The highest BCUT2D eigenvalue weighted by Crippen LogP contribution is 2.05. The monoisotopic (exact) mass is 233 g/mol. The molecule has 1 aliphatic rings. The predicted molar refractivity (Wildman–Crippen MR) is 57.9 cm³/mol. The molecule has 0 aromatic carbocycles. The molecule has 0 aromatic rings. The summed E-state index contributed by atoms with van der Waals surface area (Å²) >= 11 is 5.23. The van der Waals surface area contributed by atoms with Crippen molar-refractivity contribution in [3.63, 3.8) is 0 Å². The highest BCUT2D eigenvalue weighted by atomic mass is 35.5. The Hall–Kier alpha value is -0.810. The minimum atomic E-state index is -0.477. The van der Waals surface area contributed by atoms with E-state index in [4.69, 9.17) is 11.6 Å². The number of rotatable bonds is 4. The SMILES string of the molecule is O=C(CCl)NC(=O)NCCN1CCCC1. The molecule has 86 valence electrons. The lowest BCUT2D eigenvalue weighted by molar-refractivity contribution is -0.117. The van der Waals surface area contributed by atoms with Crippen LogP contribution in [0.5, 0.6) is 0 Å². The number of carbonyl (C=O) groups excluding carboxylic acids is 2. The van der Waals surface area contributed by atoms with Crippen LogP contribution < -0.4 is 10.6 Å². The highest BCUT2D eigenvalue weighted by molar-refractivity contribution is 6.28. The molecule has 1 aliphatic heterocycles. The highest BCUT2D eigenvalue weighted by Gasteiger charge is 2.11. The number of carbonyl (C=O) groups is 2. The van der Waals surface area contributed by atoms with Crippen molar-refractivity contribution in [1.29, 1.82) is 0 Å². The Labute approximate surface area is 94.1 Å². The van der Waals surface area contributed by atoms with E-state index in [0.29, 0.717) is 6.54 Å². The number of alkyl halides is 1. The number of amides is 3. The van der Waals surface area contributed by atoms with Crippen molar-refractivity contribution in [2.24, 2.45) is 0 Å². The fraction of sp³-hybridized carbons (Fsp3) is 0.778. The van der Waals surface area contributed by atoms with E-state index in [0.717, 1.165) is 19.6 Å². The van der Waals surface area contributed by atoms with E-state index >= 15 is 0 Å². The maximum absolute atomic E-state index is 11.1. The largest absolute Gasteiger partial charge is 0.337 e. The third-order valence-electron chi connectivity index (χ3n) is 2.29. The fourth-order valence-electron chi connectivity index (χ4n) is 1.54. The van der Waals surface area contributed by atoms with Crippen LogP contribution in [0.4, 0.5) is 4.79 Å². The Bertz CT molecular complexity index is 229. The molecule has 2 N–H and O–H groups in total. The molecular weight excluding hydrogens is 218 g/mol. The van der Waals surface area contributed by atoms with Gasteiger partial charge in [0.25, 0.3) is 0 Å². The first kappa shape index (κ1) is 12.3. The molecule has 0 bridgehead atoms. The summed E-state index contributed by atoms with van der Waals surface area (Å²) in [7, 11) is 0. The molecule has 5 nitrogen and oxygen atoms in total. The topological polar surface area (TPSA) is 61.4 Å². The summed E-state index contributed by atoms with van der Waals surface area (Å²) in [4.78, 5) is 24.1. The summed E-state index contributed by atoms with van der Waals surface area (Å²) in [5, 5.41) is 4.72. The van der Waals surface area contributed by atoms with Gasteiger partial charge in [-0.25, -0.2) is 4.79 Å². The predicted octanol–water partition coefficient (Wildman–Crippen LogP) is 0.147. The van der Waals surface area contributed by atoms with Crippen molar-refractivity contribution in [3.8, 4) is 0 Å². The Balaban J connectivity index is 2.03. The number of likely N-dealkylation sites (tertiary alicyclic amines) is 1. The number of urea groups is 1. The average Bonchev–Trinajstić information content (AvgIpc) is 2.70. The van der Waals surface area contributed by atoms with Gasteiger partial charge in [0.1, 0.15) is 5.88 Å². The van der Waals surface area contributed by atoms with Gasteiger partial charge in [-0.3, -0.25) is 10.1 Å². The summed E-state index contributed by atoms with van der Waals surface area (Å²) in [6.07, 6.45) is 2.47. The van der Waals surface area contributed by atoms with Crippen molar-refractivity contribution in [3.05, 3.63) is 0 Å². The third-order valence-corrected chi connectivity index (χ3v) is 2.53. The molecular formula is C9H16ClN3O2. The number of imide groups is 1. The molecule has 0 aromatic heterocycles. The molecule has 0 radical (unpaired) electrons. The molecule has 1 fully saturated rings. The fourth-order valence-corrected chi connectivity index (χ4v) is 1.60. The Morgan fingerprint density at radius 2 is 1.93 bits per heavy atom. The summed E-state index contributed by atoms with van der Waals surface area (Å²) in [5.41, 5.74) is 0. The van der Waals surface area contributed by atoms with Crippen molar-refractivity contribution < 1.29 is 9.59 Å². The first-order valence-corrected chi connectivity index (χ1v) is 5.62. The first-order valence-electron chi connectivity index (χ1n) is 5.08. The zero-order valence-corrected chi connectivity index (χ0v) is 9.35. The number of nitrogens with zero attached hydrogens (tertiary/aromatic N) is 1. The van der Waals surface area contributed by atoms with Crippen LogP contribution in [0.2, 0.25) is 0 Å². The van der Waals surface area contributed by atoms with Gasteiger partial charge in [0, 0.05) is 13.1 Å². The number of hydrogen-bond donors (Lipinski definition) is 2. The Kier molecular flexibility index (Phi) is 5.42. The quantitative estimate of drug-likeness (QED) is 0.680. The van der Waals surface area contributed by atoms with Gasteiger partial charge < -0.3 is 10.2 Å². The average molecular weight is 234 g/mol. The van der Waals surface area contributed by atoms with Crippen LogP contribution in [0.3, 0.4) is 0 Å². The smallest absolute Gasteiger partial charge is 0.321 e. The van der Waals surface area contributed by atoms with E-state index in [9.17, 15) is 9.59 Å². The van der Waals surface area contributed by atoms with Crippen molar-refractivity contribution in [2.45, 2.75) is 12.8 Å². The standard InChI is InChI=1S/C9H16ClN3O2/c10-7-8(14)12-9(15)11-3-6-13-4-1-2-5-13/h1-7H2,(H2,11,12,14,15). The van der Waals surface area contributed by atoms with E-state index in [1.807, 2.05) is 0 Å². The van der Waals surface area contributed by atoms with E-state index in [-0.39, 0.29) is 5.88 Å². The van der Waals surface area contributed by atoms with Gasteiger partial charge in [0.15, 0.2) is 0 Å². The maximum atomic E-state index is 11.1. The van der Waals surface area contributed by atoms with Crippen molar-refractivity contribution in [1.82, 2.24) is 15.5 Å². The van der Waals surface area contributed by atoms with Crippen LogP contribution in [0.25, 0.3) is 0 Å². The summed E-state index contributed by atoms with van der Waals surface area (Å²) in [5.74, 6) is -0.671. The van der Waals surface area contributed by atoms with Crippen LogP contribution in [-0.2, 0) is 4.79 Å². The van der Waals surface area contributed by atoms with Crippen molar-refractivity contribution in [2.75, 3.05) is 32.1 Å². The van der Waals surface area contributed by atoms with Crippen LogP contribution in [0.1, 0.15) is 12.8 Å². The summed E-state index contributed by atoms with van der Waals surface area (Å²) in [6, 6.07) is -0.472. The summed E-state index contributed by atoms with van der Waals surface area (Å²) < 4.78 is 0. The lowest BCUT2D eigenvalue weighted by Crippen LogP contribution is -2.42. The third kappa shape index (κ3) is 4.99. The number of hydrogen-bond acceptors (Lipinski definition) is 3. The molecule has 0 atom stereocenters. The molecule has 1 rings (SSSR count). The van der Waals surface area contributed by atoms with Gasteiger partial charge in [-0.1, -0.05) is 0 Å². The molecule has 0 unspecified atom stereocenters. The van der Waals surface area contributed by atoms with E-state index in [2.05, 4.69) is 15.5 Å². The van der Waals surface area contributed by atoms with E-state index < -0.39 is 11.9 Å². The van der Waals surface area contributed by atoms with Crippen LogP contribution in [0.15, 0.2) is 0 Å². The lowest BCUT2D eigenvalue weighted by Gasteiger charge is -2.14. The van der Waals surface area contributed by atoms with E-state index in [1.54, 1.807) is 0 Å². The van der Waals surface area contributed by atoms with Crippen LogP contribution >= 0.6 is 11.6 Å². The van der Waals surface area contributed by atoms with Gasteiger partial charge in [-0.2, -0.15) is 0 Å². The van der Waals surface area contributed by atoms with Gasteiger partial charge in [0.05, 0.1) is 0 Å². The molecule has 1 saturated heterocycles. The van der Waals surface area contributed by atoms with E-state index in [1.165, 1.54) is 12.8 Å². The second-order valence-electron chi connectivity index (χ2n) is 3.49. The molecule has 0 aliphatic carbocycles. The van der Waals surface area contributed by atoms with Gasteiger partial charge >= 0.3 is 6.03 Å². The lowest BCUT2D eigenvalue weighted by atomic mass is 10.4. The first-order chi connectivity index (χ1) is 7.22. The van der Waals surface area contributed by atoms with Gasteiger partial charge in [-0.05, 0) is 25.9 Å². The molecule has 3 amide bonds. The number of halogens is 1. The van der Waals surface area contributed by atoms with Gasteiger partial charge in [0.2, 0.25) is 5.91 Å². The maximum Gasteiger partial charge on any atom is 0.321 e. The minimum Gasteiger partial charge on any atom is -0.337 e. The summed E-state index contributed by atoms with van der Waals surface area (Å²) in [6.45, 7) is 3.59. The van der Waals surface area contributed by atoms with Crippen LogP contribution in [0, 0.1) is 0 Å². The Morgan fingerprint density at radius 3 is 2.53 bits per heavy atom. The van der Waals surface area contributed by atoms with Crippen LogP contribution in [-0.4, -0.2) is 48.9 Å². The minimum absolute atomic E-state index is 0.195. The zero-order valence-electron chi connectivity index (χ0n) is 8.59. The normalized spacial score (nSPS) is 16.3. The van der Waals surface area contributed by atoms with Crippen molar-refractivity contribution >= 4 is 23.5 Å². The molecule has 6 heteroatoms. The molecule has 0 spiro atoms. The molecule has 1 heterocycles. The second-order valence-corrected chi connectivity index (χ2v) is 3.75. The second kappa shape index (κ2) is 6.63.